The molecular formula is C20H31N3O2. The molecule has 1 aliphatic carbocycles. The summed E-state index contributed by atoms with van der Waals surface area (Å²) in [7, 11) is 4.26. The predicted molar refractivity (Wildman–Crippen MR) is 99.4 cm³/mol. The van der Waals surface area contributed by atoms with Gasteiger partial charge in [0.05, 0.1) is 12.1 Å². The van der Waals surface area contributed by atoms with Gasteiger partial charge in [-0.1, -0.05) is 30.3 Å². The zero-order valence-corrected chi connectivity index (χ0v) is 15.5. The van der Waals surface area contributed by atoms with Gasteiger partial charge in [-0.2, -0.15) is 0 Å². The molecule has 1 aromatic carbocycles. The molecule has 5 nitrogen and oxygen atoms in total. The van der Waals surface area contributed by atoms with E-state index in [9.17, 15) is 9.90 Å². The lowest BCUT2D eigenvalue weighted by Gasteiger charge is -2.43. The smallest absolute Gasteiger partial charge is 0.317 e. The number of nitrogens with one attached hydrogen (secondary N) is 1. The van der Waals surface area contributed by atoms with Crippen LogP contribution in [0.2, 0.25) is 0 Å². The molecule has 1 atom stereocenters. The zero-order valence-electron chi connectivity index (χ0n) is 15.5. The van der Waals surface area contributed by atoms with E-state index in [2.05, 4.69) is 48.6 Å². The average molecular weight is 345 g/mol. The predicted octanol–water partition coefficient (Wildman–Crippen LogP) is 2.55. The van der Waals surface area contributed by atoms with Crippen LogP contribution in [0.3, 0.4) is 0 Å². The molecule has 1 aromatic rings. The van der Waals surface area contributed by atoms with Crippen molar-refractivity contribution < 1.29 is 9.90 Å². The highest BCUT2D eigenvalue weighted by Gasteiger charge is 2.40. The van der Waals surface area contributed by atoms with Crippen molar-refractivity contribution in [3.63, 3.8) is 0 Å². The van der Waals surface area contributed by atoms with Crippen LogP contribution < -0.4 is 5.32 Å². The Hall–Kier alpha value is -1.59. The van der Waals surface area contributed by atoms with E-state index in [-0.39, 0.29) is 11.6 Å². The van der Waals surface area contributed by atoms with Gasteiger partial charge < -0.3 is 15.3 Å². The molecule has 2 fully saturated rings. The Bertz CT molecular complexity index is 586. The first-order chi connectivity index (χ1) is 12.0. The summed E-state index contributed by atoms with van der Waals surface area (Å²) < 4.78 is 0. The van der Waals surface area contributed by atoms with Gasteiger partial charge in [-0.05, 0) is 58.2 Å². The Labute approximate surface area is 151 Å². The van der Waals surface area contributed by atoms with Crippen LogP contribution in [-0.4, -0.2) is 60.3 Å². The number of β-amino-alcohol motifs (C(OH)–C–C–N with tert-alkyl or cyclic N) is 1. The molecule has 0 radical (unpaired) electrons. The maximum Gasteiger partial charge on any atom is 0.317 e. The fourth-order valence-electron chi connectivity index (χ4n) is 4.23. The van der Waals surface area contributed by atoms with Crippen LogP contribution in [-0.2, 0) is 5.54 Å². The minimum absolute atomic E-state index is 0.0389. The molecule has 0 aromatic heterocycles. The Kier molecular flexibility index (Phi) is 5.35. The number of carbonyl (C=O) groups excluding carboxylic acids is 1. The van der Waals surface area contributed by atoms with Gasteiger partial charge in [0.2, 0.25) is 0 Å². The van der Waals surface area contributed by atoms with Crippen molar-refractivity contribution in [2.24, 2.45) is 0 Å². The molecule has 5 heteroatoms. The molecule has 0 unspecified atom stereocenters. The van der Waals surface area contributed by atoms with E-state index in [1.165, 1.54) is 5.56 Å². The third kappa shape index (κ3) is 3.82. The van der Waals surface area contributed by atoms with Gasteiger partial charge in [-0.15, -0.1) is 0 Å². The van der Waals surface area contributed by atoms with Gasteiger partial charge in [-0.3, -0.25) is 4.90 Å². The molecule has 1 saturated heterocycles. The number of hydrogen-bond donors (Lipinski definition) is 2. The maximum atomic E-state index is 12.5. The second-order valence-corrected chi connectivity index (χ2v) is 7.88. The first-order valence-electron chi connectivity index (χ1n) is 9.43. The second-order valence-electron chi connectivity index (χ2n) is 7.88. The minimum Gasteiger partial charge on any atom is -0.388 e. The lowest BCUT2D eigenvalue weighted by atomic mass is 9.79. The minimum atomic E-state index is -0.682. The Balaban J connectivity index is 1.84. The largest absolute Gasteiger partial charge is 0.388 e. The molecule has 25 heavy (non-hydrogen) atoms. The summed E-state index contributed by atoms with van der Waals surface area (Å²) in [5.74, 6) is 0. The van der Waals surface area contributed by atoms with Crippen molar-refractivity contribution >= 4 is 6.03 Å². The van der Waals surface area contributed by atoms with Gasteiger partial charge in [-0.25, -0.2) is 4.79 Å². The molecule has 0 bridgehead atoms. The highest BCUT2D eigenvalue weighted by Crippen LogP contribution is 2.37. The first-order valence-corrected chi connectivity index (χ1v) is 9.43. The van der Waals surface area contributed by atoms with E-state index in [0.29, 0.717) is 19.6 Å². The fraction of sp³-hybridized carbons (Fsp3) is 0.650. The normalized spacial score (nSPS) is 27.0. The molecule has 138 valence electrons. The molecular weight excluding hydrogens is 314 g/mol. The number of urea groups is 1. The summed E-state index contributed by atoms with van der Waals surface area (Å²) in [6.07, 6.45) is 5.47. The number of aliphatic hydroxyl groups is 1. The summed E-state index contributed by atoms with van der Waals surface area (Å²) in [5, 5.41) is 13.6. The second kappa shape index (κ2) is 7.34. The SMILES string of the molecule is CN(C)[C@@]1(c2ccccc2)CCCNC(=O)N(CC2(O)CCC2)CC1. The highest BCUT2D eigenvalue weighted by molar-refractivity contribution is 5.74. The van der Waals surface area contributed by atoms with Crippen molar-refractivity contribution in [3.05, 3.63) is 35.9 Å². The Morgan fingerprint density at radius 1 is 1.12 bits per heavy atom. The lowest BCUT2D eigenvalue weighted by Crippen LogP contribution is -2.53. The van der Waals surface area contributed by atoms with Crippen LogP contribution in [0, 0.1) is 0 Å². The van der Waals surface area contributed by atoms with E-state index in [4.69, 9.17) is 0 Å². The summed E-state index contributed by atoms with van der Waals surface area (Å²) in [4.78, 5) is 16.7. The zero-order chi connectivity index (χ0) is 17.9. The molecule has 3 rings (SSSR count). The fourth-order valence-corrected chi connectivity index (χ4v) is 4.23. The quantitative estimate of drug-likeness (QED) is 0.882. The van der Waals surface area contributed by atoms with Crippen molar-refractivity contribution in [2.45, 2.75) is 49.7 Å². The van der Waals surface area contributed by atoms with Crippen LogP contribution in [0.1, 0.15) is 44.1 Å². The third-order valence-corrected chi connectivity index (χ3v) is 6.06. The molecule has 1 aliphatic heterocycles. The lowest BCUT2D eigenvalue weighted by molar-refractivity contribution is -0.0525. The number of nitrogens with zero attached hydrogens (tertiary/aromatic N) is 2. The van der Waals surface area contributed by atoms with Crippen molar-refractivity contribution in [2.75, 3.05) is 33.7 Å². The number of carbonyl (C=O) groups is 1. The van der Waals surface area contributed by atoms with Gasteiger partial charge in [0.15, 0.2) is 0 Å². The van der Waals surface area contributed by atoms with Gasteiger partial charge in [0, 0.05) is 18.6 Å². The van der Waals surface area contributed by atoms with E-state index < -0.39 is 5.60 Å². The van der Waals surface area contributed by atoms with Gasteiger partial charge >= 0.3 is 6.03 Å². The number of rotatable bonds is 4. The molecule has 1 heterocycles. The average Bonchev–Trinajstić information content (AvgIpc) is 2.65. The van der Waals surface area contributed by atoms with Crippen LogP contribution in [0.5, 0.6) is 0 Å². The van der Waals surface area contributed by atoms with Crippen LogP contribution >= 0.6 is 0 Å². The number of amides is 2. The summed E-state index contributed by atoms with van der Waals surface area (Å²) >= 11 is 0. The molecule has 0 spiro atoms. The summed E-state index contributed by atoms with van der Waals surface area (Å²) in [6, 6.07) is 10.6. The number of hydrogen-bond acceptors (Lipinski definition) is 3. The monoisotopic (exact) mass is 345 g/mol. The summed E-state index contributed by atoms with van der Waals surface area (Å²) in [6.45, 7) is 1.77. The molecule has 2 N–H and O–H groups in total. The van der Waals surface area contributed by atoms with Crippen LogP contribution in [0.25, 0.3) is 0 Å². The molecule has 1 saturated carbocycles. The highest BCUT2D eigenvalue weighted by atomic mass is 16.3. The van der Waals surface area contributed by atoms with Crippen molar-refractivity contribution in [1.82, 2.24) is 15.1 Å². The van der Waals surface area contributed by atoms with E-state index in [1.807, 2.05) is 11.0 Å². The van der Waals surface area contributed by atoms with Crippen LogP contribution in [0.15, 0.2) is 30.3 Å². The summed E-state index contributed by atoms with van der Waals surface area (Å²) in [5.41, 5.74) is 0.532. The van der Waals surface area contributed by atoms with E-state index in [1.54, 1.807) is 0 Å². The van der Waals surface area contributed by atoms with Gasteiger partial charge in [0.25, 0.3) is 0 Å². The molecule has 2 aliphatic rings. The standard InChI is InChI=1S/C20H31N3O2/c1-22(2)20(17-8-4-3-5-9-17)12-7-14-21-18(24)23(15-13-20)16-19(25)10-6-11-19/h3-5,8-9,25H,6-7,10-16H2,1-2H3,(H,21,24)/t20-/m0/s1. The topological polar surface area (TPSA) is 55.8 Å². The van der Waals surface area contributed by atoms with Gasteiger partial charge in [0.1, 0.15) is 0 Å². The Morgan fingerprint density at radius 2 is 1.84 bits per heavy atom. The van der Waals surface area contributed by atoms with E-state index >= 15 is 0 Å². The Morgan fingerprint density at radius 3 is 2.44 bits per heavy atom. The van der Waals surface area contributed by atoms with Crippen LogP contribution in [0.4, 0.5) is 4.79 Å². The maximum absolute atomic E-state index is 12.5. The first kappa shape index (κ1) is 18.2. The number of benzene rings is 1. The van der Waals surface area contributed by atoms with Crippen molar-refractivity contribution in [3.8, 4) is 0 Å². The van der Waals surface area contributed by atoms with E-state index in [0.717, 1.165) is 38.5 Å². The third-order valence-electron chi connectivity index (χ3n) is 6.06. The van der Waals surface area contributed by atoms with Crippen molar-refractivity contribution in [1.29, 1.82) is 0 Å². The molecule has 2 amide bonds.